The number of hydrogen-bond donors (Lipinski definition) is 2. The van der Waals surface area contributed by atoms with E-state index in [1.165, 1.54) is 0 Å². The van der Waals surface area contributed by atoms with Crippen molar-refractivity contribution in [1.82, 2.24) is 0 Å². The number of hydrogen-bond acceptors (Lipinski definition) is 2. The number of nitrogen functional groups attached to an aromatic ring is 1. The van der Waals surface area contributed by atoms with Crippen LogP contribution in [0.25, 0.3) is 0 Å². The lowest BCUT2D eigenvalue weighted by Crippen LogP contribution is -2.14. The molecule has 0 fully saturated rings. The Labute approximate surface area is 114 Å². The molecule has 2 aromatic carbocycles. The number of halogens is 1. The van der Waals surface area contributed by atoms with Gasteiger partial charge in [-0.05, 0) is 35.4 Å². The maximum atomic E-state index is 11.3. The smallest absolute Gasteiger partial charge is 0.248 e. The summed E-state index contributed by atoms with van der Waals surface area (Å²) in [4.78, 5) is 11.3. The van der Waals surface area contributed by atoms with Gasteiger partial charge in [0.1, 0.15) is 0 Å². The van der Waals surface area contributed by atoms with E-state index in [-0.39, 0.29) is 0 Å². The number of carbonyl (C=O) groups is 1. The van der Waals surface area contributed by atoms with Crippen LogP contribution < -0.4 is 11.5 Å². The fourth-order valence-electron chi connectivity index (χ4n) is 1.85. The summed E-state index contributed by atoms with van der Waals surface area (Å²) < 4.78 is 0.961. The number of primary amides is 1. The third-order valence-corrected chi connectivity index (χ3v) is 3.26. The van der Waals surface area contributed by atoms with Gasteiger partial charge in [-0.25, -0.2) is 0 Å². The average Bonchev–Trinajstić information content (AvgIpc) is 2.34. The molecule has 0 aliphatic carbocycles. The second kappa shape index (κ2) is 5.23. The van der Waals surface area contributed by atoms with Gasteiger partial charge < -0.3 is 11.5 Å². The van der Waals surface area contributed by atoms with E-state index in [9.17, 15) is 4.79 Å². The molecule has 0 saturated carbocycles. The zero-order valence-electron chi connectivity index (χ0n) is 9.69. The van der Waals surface area contributed by atoms with Gasteiger partial charge in [0.2, 0.25) is 5.91 Å². The molecule has 3 nitrogen and oxygen atoms in total. The van der Waals surface area contributed by atoms with Crippen LogP contribution in [-0.2, 0) is 6.42 Å². The summed E-state index contributed by atoms with van der Waals surface area (Å²) in [6.07, 6.45) is 0.588. The quantitative estimate of drug-likeness (QED) is 0.856. The summed E-state index contributed by atoms with van der Waals surface area (Å²) in [7, 11) is 0. The minimum atomic E-state index is -0.417. The molecule has 0 bridgehead atoms. The maximum absolute atomic E-state index is 11.3. The Morgan fingerprint density at radius 3 is 2.56 bits per heavy atom. The summed E-state index contributed by atoms with van der Waals surface area (Å²) >= 11 is 3.41. The molecule has 2 rings (SSSR count). The lowest BCUT2D eigenvalue weighted by molar-refractivity contribution is 0.0999. The molecule has 0 atom stereocenters. The van der Waals surface area contributed by atoms with Gasteiger partial charge in [0.05, 0.1) is 0 Å². The van der Waals surface area contributed by atoms with E-state index in [1.807, 2.05) is 30.3 Å². The number of rotatable bonds is 3. The Balaban J connectivity index is 2.40. The molecule has 0 heterocycles. The van der Waals surface area contributed by atoms with Crippen molar-refractivity contribution in [2.45, 2.75) is 6.42 Å². The zero-order valence-corrected chi connectivity index (χ0v) is 11.3. The van der Waals surface area contributed by atoms with Crippen molar-refractivity contribution in [3.05, 3.63) is 63.6 Å². The van der Waals surface area contributed by atoms with Gasteiger partial charge in [0, 0.05) is 22.1 Å². The van der Waals surface area contributed by atoms with Crippen molar-refractivity contribution in [2.75, 3.05) is 5.73 Å². The predicted molar refractivity (Wildman–Crippen MR) is 76.3 cm³/mol. The number of amides is 1. The molecule has 18 heavy (non-hydrogen) atoms. The molecule has 4 N–H and O–H groups in total. The molecular weight excluding hydrogens is 292 g/mol. The second-order valence-electron chi connectivity index (χ2n) is 4.04. The first kappa shape index (κ1) is 12.6. The van der Waals surface area contributed by atoms with Crippen molar-refractivity contribution < 1.29 is 4.79 Å². The van der Waals surface area contributed by atoms with E-state index in [0.29, 0.717) is 17.7 Å². The van der Waals surface area contributed by atoms with Gasteiger partial charge in [0.25, 0.3) is 0 Å². The molecule has 0 aliphatic rings. The molecule has 4 heteroatoms. The van der Waals surface area contributed by atoms with E-state index < -0.39 is 5.91 Å². The minimum absolute atomic E-state index is 0.417. The highest BCUT2D eigenvalue weighted by Crippen LogP contribution is 2.22. The summed E-state index contributed by atoms with van der Waals surface area (Å²) in [5, 5.41) is 0. The summed E-state index contributed by atoms with van der Waals surface area (Å²) in [6, 6.07) is 13.0. The highest BCUT2D eigenvalue weighted by Gasteiger charge is 2.09. The van der Waals surface area contributed by atoms with Crippen LogP contribution >= 0.6 is 15.9 Å². The molecule has 2 aromatic rings. The van der Waals surface area contributed by atoms with E-state index in [0.717, 1.165) is 15.6 Å². The highest BCUT2D eigenvalue weighted by atomic mass is 79.9. The van der Waals surface area contributed by atoms with Crippen LogP contribution in [0.3, 0.4) is 0 Å². The molecule has 1 amide bonds. The first-order chi connectivity index (χ1) is 8.58. The molecule has 0 aromatic heterocycles. The lowest BCUT2D eigenvalue weighted by atomic mass is 9.98. The second-order valence-corrected chi connectivity index (χ2v) is 4.96. The summed E-state index contributed by atoms with van der Waals surface area (Å²) in [5.41, 5.74) is 14.4. The molecular formula is C14H13BrN2O. The van der Waals surface area contributed by atoms with E-state index >= 15 is 0 Å². The van der Waals surface area contributed by atoms with Crippen molar-refractivity contribution in [3.8, 4) is 0 Å². The molecule has 0 radical (unpaired) electrons. The van der Waals surface area contributed by atoms with Crippen LogP contribution in [0.5, 0.6) is 0 Å². The van der Waals surface area contributed by atoms with Crippen LogP contribution in [0, 0.1) is 0 Å². The first-order valence-electron chi connectivity index (χ1n) is 5.49. The topological polar surface area (TPSA) is 69.1 Å². The zero-order chi connectivity index (χ0) is 13.1. The van der Waals surface area contributed by atoms with Crippen molar-refractivity contribution in [3.63, 3.8) is 0 Å². The van der Waals surface area contributed by atoms with E-state index in [1.54, 1.807) is 12.1 Å². The van der Waals surface area contributed by atoms with Gasteiger partial charge in [0.15, 0.2) is 0 Å². The van der Waals surface area contributed by atoms with Gasteiger partial charge in [-0.2, -0.15) is 0 Å². The standard InChI is InChI=1S/C14H13BrN2O/c15-11-5-6-13(16)10(8-11)7-9-3-1-2-4-12(9)14(17)18/h1-6,8H,7,16H2,(H2,17,18). The number of nitrogens with two attached hydrogens (primary N) is 2. The average molecular weight is 305 g/mol. The van der Waals surface area contributed by atoms with Crippen LogP contribution in [0.2, 0.25) is 0 Å². The number of benzene rings is 2. The monoisotopic (exact) mass is 304 g/mol. The normalized spacial score (nSPS) is 10.3. The molecule has 0 saturated heterocycles. The SMILES string of the molecule is NC(=O)c1ccccc1Cc1cc(Br)ccc1N. The summed E-state index contributed by atoms with van der Waals surface area (Å²) in [6.45, 7) is 0. The Hall–Kier alpha value is -1.81. The van der Waals surface area contributed by atoms with Crippen LogP contribution in [0.4, 0.5) is 5.69 Å². The van der Waals surface area contributed by atoms with Crippen molar-refractivity contribution >= 4 is 27.5 Å². The first-order valence-corrected chi connectivity index (χ1v) is 6.29. The summed E-state index contributed by atoms with van der Waals surface area (Å²) in [5.74, 6) is -0.417. The van der Waals surface area contributed by atoms with Gasteiger partial charge in [-0.15, -0.1) is 0 Å². The van der Waals surface area contributed by atoms with Crippen LogP contribution in [0.1, 0.15) is 21.5 Å². The maximum Gasteiger partial charge on any atom is 0.248 e. The number of carbonyl (C=O) groups excluding carboxylic acids is 1. The number of anilines is 1. The van der Waals surface area contributed by atoms with Crippen LogP contribution in [0.15, 0.2) is 46.9 Å². The molecule has 92 valence electrons. The predicted octanol–water partition coefficient (Wildman–Crippen LogP) is 2.72. The Morgan fingerprint density at radius 1 is 1.11 bits per heavy atom. The third kappa shape index (κ3) is 2.71. The van der Waals surface area contributed by atoms with E-state index in [2.05, 4.69) is 15.9 Å². The molecule has 0 spiro atoms. The Bertz CT molecular complexity index is 596. The lowest BCUT2D eigenvalue weighted by Gasteiger charge is -2.09. The molecule has 0 unspecified atom stereocenters. The van der Waals surface area contributed by atoms with Crippen molar-refractivity contribution in [2.24, 2.45) is 5.73 Å². The van der Waals surface area contributed by atoms with Gasteiger partial charge >= 0.3 is 0 Å². The molecule has 0 aliphatic heterocycles. The minimum Gasteiger partial charge on any atom is -0.398 e. The Kier molecular flexibility index (Phi) is 3.67. The van der Waals surface area contributed by atoms with E-state index in [4.69, 9.17) is 11.5 Å². The fourth-order valence-corrected chi connectivity index (χ4v) is 2.26. The van der Waals surface area contributed by atoms with Gasteiger partial charge in [-0.1, -0.05) is 34.1 Å². The van der Waals surface area contributed by atoms with Crippen LogP contribution in [-0.4, -0.2) is 5.91 Å². The third-order valence-electron chi connectivity index (χ3n) is 2.77. The fraction of sp³-hybridized carbons (Fsp3) is 0.0714. The Morgan fingerprint density at radius 2 is 1.83 bits per heavy atom. The van der Waals surface area contributed by atoms with Gasteiger partial charge in [-0.3, -0.25) is 4.79 Å². The largest absolute Gasteiger partial charge is 0.398 e. The van der Waals surface area contributed by atoms with Crippen molar-refractivity contribution in [1.29, 1.82) is 0 Å². The highest BCUT2D eigenvalue weighted by molar-refractivity contribution is 9.10.